The van der Waals surface area contributed by atoms with E-state index in [0.29, 0.717) is 17.7 Å². The van der Waals surface area contributed by atoms with E-state index in [4.69, 9.17) is 4.74 Å². The number of ether oxygens (including phenoxy) is 1. The van der Waals surface area contributed by atoms with Gasteiger partial charge in [-0.05, 0) is 78.8 Å². The highest BCUT2D eigenvalue weighted by atomic mass is 32.2. The van der Waals surface area contributed by atoms with E-state index in [9.17, 15) is 13.2 Å². The minimum Gasteiger partial charge on any atom is -0.468 e. The Bertz CT molecular complexity index is 1530. The van der Waals surface area contributed by atoms with Gasteiger partial charge >= 0.3 is 5.97 Å². The summed E-state index contributed by atoms with van der Waals surface area (Å²) in [5.74, 6) is 0.175. The van der Waals surface area contributed by atoms with Crippen molar-refractivity contribution < 1.29 is 17.9 Å². The molecular formula is C31H33N3O4S. The molecule has 4 rings (SSSR count). The number of nitrogens with zero attached hydrogens (tertiary/aromatic N) is 1. The maximum Gasteiger partial charge on any atom is 0.324 e. The van der Waals surface area contributed by atoms with Crippen LogP contribution in [0.4, 0.5) is 5.82 Å². The van der Waals surface area contributed by atoms with Crippen LogP contribution in [0.15, 0.2) is 90.0 Å². The van der Waals surface area contributed by atoms with Gasteiger partial charge in [0.15, 0.2) is 0 Å². The van der Waals surface area contributed by atoms with E-state index in [1.54, 1.807) is 20.0 Å². The predicted molar refractivity (Wildman–Crippen MR) is 154 cm³/mol. The van der Waals surface area contributed by atoms with E-state index < -0.39 is 22.0 Å². The SMILES string of the molecule is COC(=O)[C@H](Cc1ccc(-c2cccc(CNc3ccccn3)c2)cc1)NS(=O)(=O)c1c(C)cc(C)cc1C. The standard InChI is InChI=1S/C31H33N3O4S/c1-21-16-22(2)30(23(3)17-21)39(36,37)34-28(31(35)38-4)19-24-11-13-26(14-12-24)27-9-7-8-25(18-27)20-33-29-10-5-6-15-32-29/h5-18,28,34H,19-20H2,1-4H3,(H,32,33)/t28-/m0/s1. The second-order valence-corrected chi connectivity index (χ2v) is 11.2. The van der Waals surface area contributed by atoms with Crippen LogP contribution >= 0.6 is 0 Å². The number of benzene rings is 3. The predicted octanol–water partition coefficient (Wildman–Crippen LogP) is 5.35. The summed E-state index contributed by atoms with van der Waals surface area (Å²) in [5, 5.41) is 3.32. The van der Waals surface area contributed by atoms with Crippen LogP contribution in [0.25, 0.3) is 11.1 Å². The van der Waals surface area contributed by atoms with Crippen LogP contribution in [-0.4, -0.2) is 32.5 Å². The molecule has 0 spiro atoms. The number of nitrogens with one attached hydrogen (secondary N) is 2. The molecule has 7 nitrogen and oxygen atoms in total. The second-order valence-electron chi connectivity index (χ2n) is 9.59. The van der Waals surface area contributed by atoms with Gasteiger partial charge in [-0.3, -0.25) is 4.79 Å². The minimum atomic E-state index is -3.96. The first-order valence-corrected chi connectivity index (χ1v) is 14.2. The molecule has 1 heterocycles. The van der Waals surface area contributed by atoms with Gasteiger partial charge in [-0.15, -0.1) is 0 Å². The lowest BCUT2D eigenvalue weighted by atomic mass is 9.99. The average molecular weight is 544 g/mol. The number of rotatable bonds is 10. The molecule has 202 valence electrons. The molecule has 8 heteroatoms. The van der Waals surface area contributed by atoms with Gasteiger partial charge in [-0.2, -0.15) is 4.72 Å². The number of carbonyl (C=O) groups is 1. The fourth-order valence-electron chi connectivity index (χ4n) is 4.74. The van der Waals surface area contributed by atoms with Crippen molar-refractivity contribution in [2.45, 2.75) is 44.7 Å². The fourth-order valence-corrected chi connectivity index (χ4v) is 6.38. The Balaban J connectivity index is 1.49. The summed E-state index contributed by atoms with van der Waals surface area (Å²) < 4.78 is 34.1. The molecule has 0 saturated carbocycles. The van der Waals surface area contributed by atoms with Crippen LogP contribution in [0, 0.1) is 20.8 Å². The second kappa shape index (κ2) is 12.2. The zero-order valence-electron chi connectivity index (χ0n) is 22.6. The van der Waals surface area contributed by atoms with Crippen LogP contribution in [0.1, 0.15) is 27.8 Å². The van der Waals surface area contributed by atoms with Gasteiger partial charge in [0.05, 0.1) is 12.0 Å². The van der Waals surface area contributed by atoms with E-state index in [1.165, 1.54) is 7.11 Å². The number of carbonyl (C=O) groups excluding carboxylic acids is 1. The Morgan fingerprint density at radius 3 is 2.23 bits per heavy atom. The summed E-state index contributed by atoms with van der Waals surface area (Å²) in [7, 11) is -2.70. The number of hydrogen-bond acceptors (Lipinski definition) is 6. The first-order valence-electron chi connectivity index (χ1n) is 12.7. The van der Waals surface area contributed by atoms with Crippen LogP contribution in [0.2, 0.25) is 0 Å². The molecule has 2 N–H and O–H groups in total. The van der Waals surface area contributed by atoms with Gasteiger partial charge in [0.25, 0.3) is 0 Å². The molecule has 1 aromatic heterocycles. The van der Waals surface area contributed by atoms with E-state index in [0.717, 1.165) is 33.6 Å². The van der Waals surface area contributed by atoms with Gasteiger partial charge in [0, 0.05) is 12.7 Å². The summed E-state index contributed by atoms with van der Waals surface area (Å²) in [4.78, 5) is 17.1. The van der Waals surface area contributed by atoms with Gasteiger partial charge in [-0.1, -0.05) is 66.2 Å². The quantitative estimate of drug-likeness (QED) is 0.262. The number of aryl methyl sites for hydroxylation is 3. The lowest BCUT2D eigenvalue weighted by Gasteiger charge is -2.19. The summed E-state index contributed by atoms with van der Waals surface area (Å²) in [6.45, 7) is 6.07. The van der Waals surface area contributed by atoms with Crippen molar-refractivity contribution >= 4 is 21.8 Å². The molecule has 0 unspecified atom stereocenters. The summed E-state index contributed by atoms with van der Waals surface area (Å²) in [5.41, 5.74) is 6.22. The summed E-state index contributed by atoms with van der Waals surface area (Å²) in [6, 6.07) is 24.3. The zero-order chi connectivity index (χ0) is 28.0. The van der Waals surface area contributed by atoms with Gasteiger partial charge < -0.3 is 10.1 Å². The van der Waals surface area contributed by atoms with Gasteiger partial charge in [-0.25, -0.2) is 13.4 Å². The first kappa shape index (κ1) is 28.0. The van der Waals surface area contributed by atoms with Crippen molar-refractivity contribution in [2.24, 2.45) is 0 Å². The van der Waals surface area contributed by atoms with Crippen LogP contribution < -0.4 is 10.0 Å². The molecule has 0 aliphatic carbocycles. The molecule has 0 aliphatic rings. The molecule has 0 aliphatic heterocycles. The average Bonchev–Trinajstić information content (AvgIpc) is 2.91. The van der Waals surface area contributed by atoms with Crippen LogP contribution in [-0.2, 0) is 32.5 Å². The summed E-state index contributed by atoms with van der Waals surface area (Å²) >= 11 is 0. The molecule has 1 atom stereocenters. The maximum atomic E-state index is 13.3. The Labute approximate surface area is 230 Å². The topological polar surface area (TPSA) is 97.4 Å². The number of aromatic nitrogens is 1. The number of hydrogen-bond donors (Lipinski definition) is 2. The van der Waals surface area contributed by atoms with E-state index in [2.05, 4.69) is 27.2 Å². The first-order chi connectivity index (χ1) is 18.7. The maximum absolute atomic E-state index is 13.3. The molecular weight excluding hydrogens is 510 g/mol. The van der Waals surface area contributed by atoms with Crippen molar-refractivity contribution in [3.8, 4) is 11.1 Å². The summed E-state index contributed by atoms with van der Waals surface area (Å²) in [6.07, 6.45) is 1.91. The molecule has 0 fully saturated rings. The smallest absolute Gasteiger partial charge is 0.324 e. The molecule has 0 saturated heterocycles. The largest absolute Gasteiger partial charge is 0.468 e. The van der Waals surface area contributed by atoms with Crippen molar-refractivity contribution in [1.82, 2.24) is 9.71 Å². The molecule has 3 aromatic carbocycles. The monoisotopic (exact) mass is 543 g/mol. The Morgan fingerprint density at radius 1 is 0.872 bits per heavy atom. The van der Waals surface area contributed by atoms with Crippen LogP contribution in [0.5, 0.6) is 0 Å². The molecule has 4 aromatic rings. The number of sulfonamides is 1. The number of methoxy groups -OCH3 is 1. The highest BCUT2D eigenvalue weighted by Gasteiger charge is 2.29. The molecule has 0 amide bonds. The number of esters is 1. The van der Waals surface area contributed by atoms with Gasteiger partial charge in [0.1, 0.15) is 11.9 Å². The highest BCUT2D eigenvalue weighted by molar-refractivity contribution is 7.89. The number of pyridine rings is 1. The Morgan fingerprint density at radius 2 is 1.59 bits per heavy atom. The molecule has 0 radical (unpaired) electrons. The molecule has 39 heavy (non-hydrogen) atoms. The third kappa shape index (κ3) is 7.10. The van der Waals surface area contributed by atoms with Crippen molar-refractivity contribution in [1.29, 1.82) is 0 Å². The zero-order valence-corrected chi connectivity index (χ0v) is 23.4. The Hall–Kier alpha value is -4.01. The molecule has 0 bridgehead atoms. The fraction of sp³-hybridized carbons (Fsp3) is 0.226. The third-order valence-electron chi connectivity index (χ3n) is 6.45. The van der Waals surface area contributed by atoms with Gasteiger partial charge in [0.2, 0.25) is 10.0 Å². The lowest BCUT2D eigenvalue weighted by Crippen LogP contribution is -2.43. The van der Waals surface area contributed by atoms with Crippen molar-refractivity contribution in [3.05, 3.63) is 113 Å². The highest BCUT2D eigenvalue weighted by Crippen LogP contribution is 2.24. The van der Waals surface area contributed by atoms with E-state index in [-0.39, 0.29) is 11.3 Å². The third-order valence-corrected chi connectivity index (χ3v) is 8.23. The van der Waals surface area contributed by atoms with Crippen molar-refractivity contribution in [2.75, 3.05) is 12.4 Å². The minimum absolute atomic E-state index is 0.157. The van der Waals surface area contributed by atoms with Crippen LogP contribution in [0.3, 0.4) is 0 Å². The van der Waals surface area contributed by atoms with E-state index >= 15 is 0 Å². The van der Waals surface area contributed by atoms with E-state index in [1.807, 2.05) is 73.7 Å². The Kier molecular flexibility index (Phi) is 8.79. The normalized spacial score (nSPS) is 12.1. The lowest BCUT2D eigenvalue weighted by molar-refractivity contribution is -0.142. The van der Waals surface area contributed by atoms with Crippen molar-refractivity contribution in [3.63, 3.8) is 0 Å². The number of anilines is 1.